The van der Waals surface area contributed by atoms with E-state index in [1.54, 1.807) is 53.4 Å². The number of carbonyl (C=O) groups excluding carboxylic acids is 1. The third-order valence-corrected chi connectivity index (χ3v) is 7.38. The molecule has 1 amide bonds. The number of phosphoric acid groups is 1. The lowest BCUT2D eigenvalue weighted by Gasteiger charge is -2.38. The van der Waals surface area contributed by atoms with Crippen molar-refractivity contribution in [3.05, 3.63) is 106 Å². The number of nitrogens with zero attached hydrogens (tertiary/aromatic N) is 1. The number of halogens is 1. The SMILES string of the molecule is C[C@H]1[C@H](OP(=O)(Oc2ccccc2)Oc2ccccc2)C(I)=CC(=O)N1Cc1ccccc1. The molecule has 2 atom stereocenters. The number of carbonyl (C=O) groups is 1. The van der Waals surface area contributed by atoms with Crippen LogP contribution in [-0.2, 0) is 20.4 Å². The molecule has 0 saturated heterocycles. The molecule has 33 heavy (non-hydrogen) atoms. The van der Waals surface area contributed by atoms with Crippen LogP contribution in [0.4, 0.5) is 0 Å². The molecule has 0 aliphatic carbocycles. The van der Waals surface area contributed by atoms with E-state index in [9.17, 15) is 9.36 Å². The maximum Gasteiger partial charge on any atom is 0.588 e. The number of para-hydroxylation sites is 2. The van der Waals surface area contributed by atoms with Crippen LogP contribution < -0.4 is 9.05 Å². The average Bonchev–Trinajstić information content (AvgIpc) is 2.81. The van der Waals surface area contributed by atoms with Crippen LogP contribution in [0.5, 0.6) is 11.5 Å². The van der Waals surface area contributed by atoms with Crippen molar-refractivity contribution in [2.45, 2.75) is 25.6 Å². The second-order valence-electron chi connectivity index (χ2n) is 7.50. The van der Waals surface area contributed by atoms with Gasteiger partial charge >= 0.3 is 7.82 Å². The Balaban J connectivity index is 1.61. The van der Waals surface area contributed by atoms with Crippen molar-refractivity contribution in [3.8, 4) is 11.5 Å². The predicted molar refractivity (Wildman–Crippen MR) is 135 cm³/mol. The van der Waals surface area contributed by atoms with E-state index in [0.29, 0.717) is 21.6 Å². The molecule has 6 nitrogen and oxygen atoms in total. The Morgan fingerprint density at radius 2 is 1.33 bits per heavy atom. The maximum absolute atomic E-state index is 13.9. The van der Waals surface area contributed by atoms with Crippen molar-refractivity contribution in [1.29, 1.82) is 0 Å². The van der Waals surface area contributed by atoms with Gasteiger partial charge in [-0.2, -0.15) is 0 Å². The van der Waals surface area contributed by atoms with Crippen molar-refractivity contribution in [1.82, 2.24) is 4.90 Å². The Bertz CT molecular complexity index is 1110. The molecule has 0 unspecified atom stereocenters. The van der Waals surface area contributed by atoms with Crippen molar-refractivity contribution < 1.29 is 22.9 Å². The number of hydrogen-bond acceptors (Lipinski definition) is 5. The van der Waals surface area contributed by atoms with Gasteiger partial charge < -0.3 is 13.9 Å². The van der Waals surface area contributed by atoms with Crippen LogP contribution >= 0.6 is 30.4 Å². The van der Waals surface area contributed by atoms with Gasteiger partial charge in [0.25, 0.3) is 0 Å². The zero-order valence-electron chi connectivity index (χ0n) is 17.9. The van der Waals surface area contributed by atoms with Gasteiger partial charge in [0.15, 0.2) is 0 Å². The Labute approximate surface area is 206 Å². The summed E-state index contributed by atoms with van der Waals surface area (Å²) in [6.45, 7) is 2.27. The minimum Gasteiger partial charge on any atom is -0.395 e. The van der Waals surface area contributed by atoms with E-state index in [-0.39, 0.29) is 5.91 Å². The fraction of sp³-hybridized carbons (Fsp3) is 0.160. The monoisotopic (exact) mass is 575 g/mol. The van der Waals surface area contributed by atoms with Crippen LogP contribution in [-0.4, -0.2) is 23.0 Å². The summed E-state index contributed by atoms with van der Waals surface area (Å²) < 4.78 is 32.1. The zero-order chi connectivity index (χ0) is 23.3. The smallest absolute Gasteiger partial charge is 0.395 e. The third kappa shape index (κ3) is 6.05. The summed E-state index contributed by atoms with van der Waals surface area (Å²) in [6.07, 6.45) is 0.814. The van der Waals surface area contributed by atoms with Gasteiger partial charge in [-0.15, -0.1) is 0 Å². The molecule has 0 fully saturated rings. The standard InChI is InChI=1S/C25H23INO5P/c1-19-25(23(26)17-24(28)27(19)18-20-11-5-2-6-12-20)32-33(29,30-21-13-7-3-8-14-21)31-22-15-9-4-10-16-22/h2-17,19,25H,18H2,1H3/t19-,25-/m0/s1. The first-order chi connectivity index (χ1) is 15.9. The predicted octanol–water partition coefficient (Wildman–Crippen LogP) is 6.39. The van der Waals surface area contributed by atoms with Gasteiger partial charge in [0.05, 0.1) is 6.04 Å². The average molecular weight is 575 g/mol. The third-order valence-electron chi connectivity index (χ3n) is 5.11. The number of amides is 1. The molecular formula is C25H23INO5P. The Morgan fingerprint density at radius 1 is 0.848 bits per heavy atom. The highest BCUT2D eigenvalue weighted by Gasteiger charge is 2.42. The van der Waals surface area contributed by atoms with Crippen molar-refractivity contribution in [3.63, 3.8) is 0 Å². The summed E-state index contributed by atoms with van der Waals surface area (Å²) in [5.74, 6) is 0.589. The molecule has 4 rings (SSSR count). The molecule has 1 heterocycles. The normalized spacial score (nSPS) is 18.5. The minimum absolute atomic E-state index is 0.126. The van der Waals surface area contributed by atoms with Gasteiger partial charge in [-0.1, -0.05) is 66.7 Å². The molecule has 0 N–H and O–H groups in total. The fourth-order valence-electron chi connectivity index (χ4n) is 3.44. The molecule has 0 aromatic heterocycles. The van der Waals surface area contributed by atoms with Crippen molar-refractivity contribution in [2.24, 2.45) is 0 Å². The molecule has 0 radical (unpaired) electrons. The summed E-state index contributed by atoms with van der Waals surface area (Å²) >= 11 is 2.05. The summed E-state index contributed by atoms with van der Waals surface area (Å²) in [5, 5.41) is 0. The van der Waals surface area contributed by atoms with E-state index in [2.05, 4.69) is 0 Å². The molecule has 1 aliphatic rings. The quantitative estimate of drug-likeness (QED) is 0.230. The number of phosphoric ester groups is 1. The Morgan fingerprint density at radius 3 is 1.85 bits per heavy atom. The molecular weight excluding hydrogens is 552 g/mol. The van der Waals surface area contributed by atoms with E-state index >= 15 is 0 Å². The van der Waals surface area contributed by atoms with Crippen LogP contribution in [0.2, 0.25) is 0 Å². The van der Waals surface area contributed by atoms with Crippen LogP contribution in [0.3, 0.4) is 0 Å². The first-order valence-electron chi connectivity index (χ1n) is 10.4. The largest absolute Gasteiger partial charge is 0.588 e. The number of rotatable bonds is 8. The highest BCUT2D eigenvalue weighted by atomic mass is 127. The van der Waals surface area contributed by atoms with E-state index in [0.717, 1.165) is 5.56 Å². The van der Waals surface area contributed by atoms with Gasteiger partial charge in [-0.05, 0) is 59.3 Å². The Kier molecular flexibility index (Phi) is 7.53. The maximum atomic E-state index is 13.9. The first-order valence-corrected chi connectivity index (χ1v) is 13.0. The Hall–Kier alpha value is -2.61. The summed E-state index contributed by atoms with van der Waals surface area (Å²) in [7, 11) is -4.12. The first kappa shape index (κ1) is 23.5. The summed E-state index contributed by atoms with van der Waals surface area (Å²) in [5.41, 5.74) is 0.992. The minimum atomic E-state index is -4.12. The van der Waals surface area contributed by atoms with E-state index in [4.69, 9.17) is 13.6 Å². The molecule has 3 aromatic rings. The van der Waals surface area contributed by atoms with Gasteiger partial charge in [0, 0.05) is 16.2 Å². The molecule has 0 saturated carbocycles. The van der Waals surface area contributed by atoms with Crippen LogP contribution in [0.1, 0.15) is 12.5 Å². The van der Waals surface area contributed by atoms with Gasteiger partial charge in [0.1, 0.15) is 17.6 Å². The molecule has 3 aromatic carbocycles. The van der Waals surface area contributed by atoms with E-state index < -0.39 is 20.0 Å². The van der Waals surface area contributed by atoms with Gasteiger partial charge in [0.2, 0.25) is 5.91 Å². The van der Waals surface area contributed by atoms with E-state index in [1.807, 2.05) is 72.0 Å². The summed E-state index contributed by atoms with van der Waals surface area (Å²) in [4.78, 5) is 14.5. The molecule has 170 valence electrons. The fourth-order valence-corrected chi connectivity index (χ4v) is 6.01. The molecule has 0 bridgehead atoms. The molecule has 0 spiro atoms. The number of benzene rings is 3. The van der Waals surface area contributed by atoms with Crippen molar-refractivity contribution >= 4 is 36.3 Å². The zero-order valence-corrected chi connectivity index (χ0v) is 21.0. The second kappa shape index (κ2) is 10.5. The summed E-state index contributed by atoms with van der Waals surface area (Å²) in [6, 6.07) is 26.8. The van der Waals surface area contributed by atoms with Crippen LogP contribution in [0.15, 0.2) is 101 Å². The van der Waals surface area contributed by atoms with Crippen LogP contribution in [0, 0.1) is 0 Å². The second-order valence-corrected chi connectivity index (χ2v) is 10.2. The molecule has 8 heteroatoms. The lowest BCUT2D eigenvalue weighted by atomic mass is 10.0. The topological polar surface area (TPSA) is 65.1 Å². The van der Waals surface area contributed by atoms with Gasteiger partial charge in [-0.25, -0.2) is 4.57 Å². The van der Waals surface area contributed by atoms with Crippen molar-refractivity contribution in [2.75, 3.05) is 0 Å². The lowest BCUT2D eigenvalue weighted by Crippen LogP contribution is -2.48. The van der Waals surface area contributed by atoms with E-state index in [1.165, 1.54) is 6.08 Å². The highest BCUT2D eigenvalue weighted by Crippen LogP contribution is 2.52. The lowest BCUT2D eigenvalue weighted by molar-refractivity contribution is -0.131. The van der Waals surface area contributed by atoms with Crippen LogP contribution in [0.25, 0.3) is 0 Å². The van der Waals surface area contributed by atoms with Gasteiger partial charge in [-0.3, -0.25) is 9.32 Å². The molecule has 1 aliphatic heterocycles. The number of hydrogen-bond donors (Lipinski definition) is 0. The highest BCUT2D eigenvalue weighted by molar-refractivity contribution is 14.1.